The van der Waals surface area contributed by atoms with Crippen LogP contribution in [0.1, 0.15) is 55.2 Å². The van der Waals surface area contributed by atoms with E-state index in [1.807, 2.05) is 0 Å². The first-order chi connectivity index (χ1) is 10.2. The van der Waals surface area contributed by atoms with Crippen molar-refractivity contribution in [3.8, 4) is 11.5 Å². The monoisotopic (exact) mass is 306 g/mol. The van der Waals surface area contributed by atoms with Gasteiger partial charge in [0, 0.05) is 4.88 Å². The fourth-order valence-corrected chi connectivity index (χ4v) is 4.36. The largest absolute Gasteiger partial charge is 0.485 e. The highest BCUT2D eigenvalue weighted by molar-refractivity contribution is 7.13. The Hall–Kier alpha value is -0.960. The number of rotatable bonds is 2. The van der Waals surface area contributed by atoms with Gasteiger partial charge in [0.05, 0.1) is 4.88 Å². The summed E-state index contributed by atoms with van der Waals surface area (Å²) in [6.45, 7) is 5.86. The molecule has 1 aromatic heterocycles. The molecule has 1 aliphatic heterocycles. The van der Waals surface area contributed by atoms with Gasteiger partial charge in [-0.25, -0.2) is 0 Å². The number of hydrogen-bond acceptors (Lipinski definition) is 3. The summed E-state index contributed by atoms with van der Waals surface area (Å²) in [6.07, 6.45) is 12.9. The molecule has 0 atom stereocenters. The molecule has 0 saturated heterocycles. The summed E-state index contributed by atoms with van der Waals surface area (Å²) < 4.78 is 11.5. The average Bonchev–Trinajstić information content (AvgIpc) is 2.79. The van der Waals surface area contributed by atoms with Gasteiger partial charge in [0.1, 0.15) is 13.2 Å². The summed E-state index contributed by atoms with van der Waals surface area (Å²) in [7, 11) is 0. The molecule has 21 heavy (non-hydrogen) atoms. The van der Waals surface area contributed by atoms with Crippen LogP contribution in [-0.2, 0) is 0 Å². The molecule has 0 aromatic carbocycles. The van der Waals surface area contributed by atoms with Crippen LogP contribution in [0.2, 0.25) is 0 Å². The first-order valence-corrected chi connectivity index (χ1v) is 9.13. The standard InChI is InChI=1S/C18H26O2S/c1-13-5-3-7-15(8-4-6-13)9-10-16-18-17(14(2)21-16)19-11-12-20-18/h9-10,13,15H,3-8,11-12H2,1-2H3/b10-9+. The fourth-order valence-electron chi connectivity index (χ4n) is 3.39. The van der Waals surface area contributed by atoms with Gasteiger partial charge in [0.25, 0.3) is 0 Å². The second kappa shape index (κ2) is 6.87. The second-order valence-corrected chi connectivity index (χ2v) is 7.72. The Morgan fingerprint density at radius 2 is 1.67 bits per heavy atom. The molecule has 0 unspecified atom stereocenters. The molecule has 2 heterocycles. The van der Waals surface area contributed by atoms with Crippen LogP contribution in [0.15, 0.2) is 6.08 Å². The van der Waals surface area contributed by atoms with Crippen LogP contribution in [-0.4, -0.2) is 13.2 Å². The molecule has 2 aliphatic rings. The van der Waals surface area contributed by atoms with Gasteiger partial charge in [-0.1, -0.05) is 38.7 Å². The normalized spacial score (nSPS) is 26.6. The van der Waals surface area contributed by atoms with Gasteiger partial charge < -0.3 is 9.47 Å². The van der Waals surface area contributed by atoms with E-state index in [-0.39, 0.29) is 0 Å². The Balaban J connectivity index is 1.68. The van der Waals surface area contributed by atoms with Crippen LogP contribution in [0.5, 0.6) is 11.5 Å². The molecule has 0 N–H and O–H groups in total. The van der Waals surface area contributed by atoms with E-state index in [1.54, 1.807) is 11.3 Å². The van der Waals surface area contributed by atoms with Crippen molar-refractivity contribution in [2.24, 2.45) is 11.8 Å². The van der Waals surface area contributed by atoms with Crippen molar-refractivity contribution in [2.75, 3.05) is 13.2 Å². The van der Waals surface area contributed by atoms with Crippen LogP contribution >= 0.6 is 11.3 Å². The Kier molecular flexibility index (Phi) is 4.89. The first-order valence-electron chi connectivity index (χ1n) is 8.31. The zero-order valence-electron chi connectivity index (χ0n) is 13.2. The molecular weight excluding hydrogens is 280 g/mol. The van der Waals surface area contributed by atoms with Crippen LogP contribution in [0, 0.1) is 18.8 Å². The Bertz CT molecular complexity index is 494. The number of thiophene rings is 1. The highest BCUT2D eigenvalue weighted by Gasteiger charge is 2.21. The number of ether oxygens (including phenoxy) is 2. The Morgan fingerprint density at radius 1 is 1.00 bits per heavy atom. The summed E-state index contributed by atoms with van der Waals surface area (Å²) in [6, 6.07) is 0. The number of aryl methyl sites for hydroxylation is 1. The van der Waals surface area contributed by atoms with Crippen LogP contribution in [0.25, 0.3) is 6.08 Å². The molecule has 3 heteroatoms. The predicted molar refractivity (Wildman–Crippen MR) is 89.4 cm³/mol. The van der Waals surface area contributed by atoms with Crippen molar-refractivity contribution in [1.29, 1.82) is 0 Å². The van der Waals surface area contributed by atoms with Crippen molar-refractivity contribution in [3.63, 3.8) is 0 Å². The molecular formula is C18H26O2S. The third-order valence-electron chi connectivity index (χ3n) is 4.65. The van der Waals surface area contributed by atoms with E-state index in [1.165, 1.54) is 48.3 Å². The molecule has 3 rings (SSSR count). The van der Waals surface area contributed by atoms with E-state index < -0.39 is 0 Å². The van der Waals surface area contributed by atoms with Crippen molar-refractivity contribution >= 4 is 17.4 Å². The van der Waals surface area contributed by atoms with Gasteiger partial charge in [-0.15, -0.1) is 11.3 Å². The van der Waals surface area contributed by atoms with Gasteiger partial charge in [0.2, 0.25) is 0 Å². The summed E-state index contributed by atoms with van der Waals surface area (Å²) >= 11 is 1.79. The van der Waals surface area contributed by atoms with Crippen molar-refractivity contribution < 1.29 is 9.47 Å². The van der Waals surface area contributed by atoms with E-state index in [4.69, 9.17) is 9.47 Å². The van der Waals surface area contributed by atoms with Gasteiger partial charge in [-0.3, -0.25) is 0 Å². The van der Waals surface area contributed by atoms with Crippen LogP contribution in [0.3, 0.4) is 0 Å². The molecule has 1 fully saturated rings. The highest BCUT2D eigenvalue weighted by atomic mass is 32.1. The quantitative estimate of drug-likeness (QED) is 0.723. The van der Waals surface area contributed by atoms with Gasteiger partial charge in [0.15, 0.2) is 11.5 Å². The zero-order valence-corrected chi connectivity index (χ0v) is 14.0. The van der Waals surface area contributed by atoms with E-state index in [0.717, 1.165) is 23.3 Å². The summed E-state index contributed by atoms with van der Waals surface area (Å²) in [5.41, 5.74) is 0. The smallest absolute Gasteiger partial charge is 0.179 e. The minimum atomic E-state index is 0.672. The lowest BCUT2D eigenvalue weighted by atomic mass is 9.86. The zero-order chi connectivity index (χ0) is 14.7. The average molecular weight is 306 g/mol. The lowest BCUT2D eigenvalue weighted by molar-refractivity contribution is 0.172. The topological polar surface area (TPSA) is 18.5 Å². The van der Waals surface area contributed by atoms with Gasteiger partial charge in [-0.05, 0) is 37.7 Å². The Labute approximate surface area is 132 Å². The van der Waals surface area contributed by atoms with Crippen LogP contribution in [0.4, 0.5) is 0 Å². The predicted octanol–water partition coefficient (Wildman–Crippen LogP) is 5.45. The molecule has 1 aliphatic carbocycles. The SMILES string of the molecule is Cc1sc(/C=C/C2CCCC(C)CCC2)c2c1OCCO2. The second-order valence-electron chi connectivity index (χ2n) is 6.46. The minimum Gasteiger partial charge on any atom is -0.485 e. The maximum absolute atomic E-state index is 5.81. The molecule has 2 nitrogen and oxygen atoms in total. The molecule has 1 saturated carbocycles. The van der Waals surface area contributed by atoms with E-state index >= 15 is 0 Å². The lowest BCUT2D eigenvalue weighted by Gasteiger charge is -2.20. The van der Waals surface area contributed by atoms with Gasteiger partial charge in [-0.2, -0.15) is 0 Å². The lowest BCUT2D eigenvalue weighted by Crippen LogP contribution is -2.14. The summed E-state index contributed by atoms with van der Waals surface area (Å²) in [5.74, 6) is 3.60. The molecule has 0 radical (unpaired) electrons. The minimum absolute atomic E-state index is 0.672. The van der Waals surface area contributed by atoms with E-state index in [9.17, 15) is 0 Å². The van der Waals surface area contributed by atoms with Crippen LogP contribution < -0.4 is 9.47 Å². The molecule has 1 aromatic rings. The molecule has 116 valence electrons. The highest BCUT2D eigenvalue weighted by Crippen LogP contribution is 2.44. The molecule has 0 bridgehead atoms. The van der Waals surface area contributed by atoms with Gasteiger partial charge >= 0.3 is 0 Å². The number of hydrogen-bond donors (Lipinski definition) is 0. The summed E-state index contributed by atoms with van der Waals surface area (Å²) in [4.78, 5) is 2.47. The third kappa shape index (κ3) is 3.63. The maximum Gasteiger partial charge on any atom is 0.179 e. The third-order valence-corrected chi connectivity index (χ3v) is 5.69. The summed E-state index contributed by atoms with van der Waals surface area (Å²) in [5, 5.41) is 0. The van der Waals surface area contributed by atoms with Crippen molar-refractivity contribution in [3.05, 3.63) is 15.8 Å². The first kappa shape index (κ1) is 15.0. The van der Waals surface area contributed by atoms with Crippen molar-refractivity contribution in [2.45, 2.75) is 52.4 Å². The van der Waals surface area contributed by atoms with E-state index in [0.29, 0.717) is 13.2 Å². The number of allylic oxidation sites excluding steroid dienone is 1. The molecule has 0 spiro atoms. The number of fused-ring (bicyclic) bond motifs is 1. The molecule has 0 amide bonds. The maximum atomic E-state index is 5.81. The Morgan fingerprint density at radius 3 is 2.38 bits per heavy atom. The fraction of sp³-hybridized carbons (Fsp3) is 0.667. The van der Waals surface area contributed by atoms with E-state index in [2.05, 4.69) is 26.0 Å². The van der Waals surface area contributed by atoms with Crippen molar-refractivity contribution in [1.82, 2.24) is 0 Å².